The molecule has 0 radical (unpaired) electrons. The lowest BCUT2D eigenvalue weighted by Gasteiger charge is -2.22. The van der Waals surface area contributed by atoms with E-state index in [1.54, 1.807) is 11.3 Å². The Morgan fingerprint density at radius 1 is 0.810 bits per heavy atom. The second kappa shape index (κ2) is 11.1. The lowest BCUT2D eigenvalue weighted by Crippen LogP contribution is -2.37. The SMILES string of the molecule is CC(C)c1cc(-c2nc3c(-c4cc(-c5cc([Si](C)(C)C)ccn5)cc(C(C)(C)C)c4)cccc3s2)c(O)c(C(C)C)c1. The van der Waals surface area contributed by atoms with E-state index in [0.717, 1.165) is 48.7 Å². The molecule has 3 nitrogen and oxygen atoms in total. The van der Waals surface area contributed by atoms with Crippen LogP contribution in [0.25, 0.3) is 43.2 Å². The molecular formula is C37H44N2OSSi. The highest BCUT2D eigenvalue weighted by Gasteiger charge is 2.22. The Balaban J connectivity index is 1.71. The van der Waals surface area contributed by atoms with Gasteiger partial charge in [0, 0.05) is 17.3 Å². The van der Waals surface area contributed by atoms with Gasteiger partial charge in [0.1, 0.15) is 10.8 Å². The van der Waals surface area contributed by atoms with E-state index in [-0.39, 0.29) is 11.3 Å². The molecule has 0 fully saturated rings. The molecule has 0 bridgehead atoms. The molecule has 0 saturated carbocycles. The van der Waals surface area contributed by atoms with Gasteiger partial charge in [-0.1, -0.05) is 97.6 Å². The predicted octanol–water partition coefficient (Wildman–Crippen LogP) is 10.5. The summed E-state index contributed by atoms with van der Waals surface area (Å²) in [6.07, 6.45) is 1.96. The molecule has 5 rings (SSSR count). The maximum Gasteiger partial charge on any atom is 0.129 e. The van der Waals surface area contributed by atoms with Crippen molar-refractivity contribution in [3.05, 3.63) is 83.6 Å². The number of aromatic nitrogens is 2. The normalized spacial score (nSPS) is 12.6. The monoisotopic (exact) mass is 592 g/mol. The van der Waals surface area contributed by atoms with Crippen molar-refractivity contribution in [1.29, 1.82) is 0 Å². The van der Waals surface area contributed by atoms with Crippen molar-refractivity contribution >= 4 is 34.8 Å². The Morgan fingerprint density at radius 3 is 2.17 bits per heavy atom. The molecule has 0 saturated heterocycles. The van der Waals surface area contributed by atoms with Crippen LogP contribution in [0.3, 0.4) is 0 Å². The van der Waals surface area contributed by atoms with Gasteiger partial charge in [0.15, 0.2) is 0 Å². The highest BCUT2D eigenvalue weighted by atomic mass is 32.1. The van der Waals surface area contributed by atoms with Crippen LogP contribution >= 0.6 is 11.3 Å². The maximum atomic E-state index is 11.4. The summed E-state index contributed by atoms with van der Waals surface area (Å²) in [5, 5.41) is 13.6. The Morgan fingerprint density at radius 2 is 1.52 bits per heavy atom. The zero-order chi connectivity index (χ0) is 30.6. The molecule has 0 unspecified atom stereocenters. The van der Waals surface area contributed by atoms with Crippen molar-refractivity contribution in [1.82, 2.24) is 9.97 Å². The van der Waals surface area contributed by atoms with Gasteiger partial charge in [-0.05, 0) is 75.9 Å². The van der Waals surface area contributed by atoms with Crippen LogP contribution < -0.4 is 5.19 Å². The van der Waals surface area contributed by atoms with Gasteiger partial charge in [-0.25, -0.2) is 4.98 Å². The topological polar surface area (TPSA) is 46.0 Å². The number of rotatable bonds is 6. The van der Waals surface area contributed by atoms with Gasteiger partial charge >= 0.3 is 0 Å². The highest BCUT2D eigenvalue weighted by molar-refractivity contribution is 7.21. The number of thiazole rings is 1. The van der Waals surface area contributed by atoms with E-state index in [2.05, 4.69) is 129 Å². The summed E-state index contributed by atoms with van der Waals surface area (Å²) in [7, 11) is -1.49. The first-order chi connectivity index (χ1) is 19.6. The van der Waals surface area contributed by atoms with E-state index in [1.807, 2.05) is 6.20 Å². The standard InChI is InChI=1S/C37H44N2OSSi/c1-22(2)24-19-30(23(3)4)35(40)31(20-24)36-39-34-29(12-11-13-33(34)41-36)25-16-26(18-27(17-25)37(5,6)7)32-21-28(14-15-38-32)42(8,9)10/h11-23,40H,1-10H3. The van der Waals surface area contributed by atoms with Gasteiger partial charge in [0.05, 0.1) is 29.5 Å². The number of benzene rings is 3. The summed E-state index contributed by atoms with van der Waals surface area (Å²) in [5.41, 5.74) is 9.64. The van der Waals surface area contributed by atoms with E-state index in [4.69, 9.17) is 9.97 Å². The lowest BCUT2D eigenvalue weighted by molar-refractivity contribution is 0.466. The van der Waals surface area contributed by atoms with Crippen LogP contribution in [0.2, 0.25) is 19.6 Å². The number of aromatic hydroxyl groups is 1. The smallest absolute Gasteiger partial charge is 0.129 e. The molecule has 0 atom stereocenters. The summed E-state index contributed by atoms with van der Waals surface area (Å²) < 4.78 is 1.12. The number of pyridine rings is 1. The van der Waals surface area contributed by atoms with Gasteiger partial charge in [0.25, 0.3) is 0 Å². The van der Waals surface area contributed by atoms with Crippen molar-refractivity contribution in [2.24, 2.45) is 0 Å². The minimum atomic E-state index is -1.49. The van der Waals surface area contributed by atoms with Crippen molar-refractivity contribution < 1.29 is 5.11 Å². The van der Waals surface area contributed by atoms with E-state index in [9.17, 15) is 5.11 Å². The second-order valence-corrected chi connectivity index (χ2v) is 20.3. The fourth-order valence-electron chi connectivity index (χ4n) is 5.33. The van der Waals surface area contributed by atoms with E-state index >= 15 is 0 Å². The quantitative estimate of drug-likeness (QED) is 0.200. The maximum absolute atomic E-state index is 11.4. The van der Waals surface area contributed by atoms with Crippen LogP contribution in [0.4, 0.5) is 0 Å². The zero-order valence-corrected chi connectivity index (χ0v) is 28.6. The minimum Gasteiger partial charge on any atom is -0.507 e. The number of fused-ring (bicyclic) bond motifs is 1. The molecule has 0 aliphatic carbocycles. The van der Waals surface area contributed by atoms with E-state index in [1.165, 1.54) is 16.3 Å². The van der Waals surface area contributed by atoms with Crippen LogP contribution in [0.5, 0.6) is 5.75 Å². The third-order valence-electron chi connectivity index (χ3n) is 8.13. The molecule has 3 aromatic carbocycles. The van der Waals surface area contributed by atoms with Gasteiger partial charge in [-0.3, -0.25) is 4.98 Å². The highest BCUT2D eigenvalue weighted by Crippen LogP contribution is 2.43. The van der Waals surface area contributed by atoms with E-state index < -0.39 is 8.07 Å². The van der Waals surface area contributed by atoms with Crippen molar-refractivity contribution in [2.45, 2.75) is 85.4 Å². The first kappa shape index (κ1) is 30.2. The average Bonchev–Trinajstić information content (AvgIpc) is 3.36. The van der Waals surface area contributed by atoms with Crippen molar-refractivity contribution in [2.75, 3.05) is 0 Å². The van der Waals surface area contributed by atoms with Crippen LogP contribution in [-0.4, -0.2) is 23.1 Å². The first-order valence-corrected chi connectivity index (χ1v) is 19.3. The fraction of sp³-hybridized carbons (Fsp3) is 0.351. The summed E-state index contributed by atoms with van der Waals surface area (Å²) in [6.45, 7) is 22.6. The third-order valence-corrected chi connectivity index (χ3v) is 11.2. The Hall–Kier alpha value is -3.28. The average molecular weight is 593 g/mol. The number of para-hydroxylation sites is 1. The molecular weight excluding hydrogens is 549 g/mol. The molecule has 0 amide bonds. The number of hydrogen-bond acceptors (Lipinski definition) is 4. The van der Waals surface area contributed by atoms with Crippen molar-refractivity contribution in [3.63, 3.8) is 0 Å². The van der Waals surface area contributed by atoms with Crippen molar-refractivity contribution in [3.8, 4) is 38.7 Å². The Bertz CT molecular complexity index is 1770. The van der Waals surface area contributed by atoms with Gasteiger partial charge in [0.2, 0.25) is 0 Å². The predicted molar refractivity (Wildman–Crippen MR) is 185 cm³/mol. The Kier molecular flexibility index (Phi) is 7.97. The lowest BCUT2D eigenvalue weighted by atomic mass is 9.83. The molecule has 2 aromatic heterocycles. The molecule has 42 heavy (non-hydrogen) atoms. The van der Waals surface area contributed by atoms with Crippen LogP contribution in [0.1, 0.15) is 77.0 Å². The molecule has 5 aromatic rings. The molecule has 218 valence electrons. The molecule has 1 N–H and O–H groups in total. The van der Waals surface area contributed by atoms with E-state index in [0.29, 0.717) is 11.7 Å². The van der Waals surface area contributed by atoms with Crippen LogP contribution in [0, 0.1) is 0 Å². The molecule has 0 aliphatic rings. The fourth-order valence-corrected chi connectivity index (χ4v) is 7.49. The molecule has 5 heteroatoms. The number of phenols is 1. The summed E-state index contributed by atoms with van der Waals surface area (Å²) in [5.74, 6) is 0.929. The van der Waals surface area contributed by atoms with Crippen LogP contribution in [-0.2, 0) is 5.41 Å². The third kappa shape index (κ3) is 5.95. The summed E-state index contributed by atoms with van der Waals surface area (Å²) in [4.78, 5) is 10.0. The largest absolute Gasteiger partial charge is 0.507 e. The molecule has 0 spiro atoms. The second-order valence-electron chi connectivity index (χ2n) is 14.2. The number of phenolic OH excluding ortho intramolecular Hbond substituents is 1. The number of hydrogen-bond donors (Lipinski definition) is 1. The van der Waals surface area contributed by atoms with Gasteiger partial charge in [-0.15, -0.1) is 11.3 Å². The van der Waals surface area contributed by atoms with Crippen LogP contribution in [0.15, 0.2) is 66.9 Å². The number of nitrogens with zero attached hydrogens (tertiary/aromatic N) is 2. The Labute approximate surface area is 256 Å². The van der Waals surface area contributed by atoms with Gasteiger partial charge in [-0.2, -0.15) is 0 Å². The summed E-state index contributed by atoms with van der Waals surface area (Å²) >= 11 is 1.65. The first-order valence-electron chi connectivity index (χ1n) is 15.0. The van der Waals surface area contributed by atoms with Gasteiger partial charge < -0.3 is 5.11 Å². The minimum absolute atomic E-state index is 0.0292. The zero-order valence-electron chi connectivity index (χ0n) is 26.8. The molecule has 2 heterocycles. The summed E-state index contributed by atoms with van der Waals surface area (Å²) in [6, 6.07) is 22.1. The molecule has 0 aliphatic heterocycles.